The normalized spacial score (nSPS) is 18.0. The van der Waals surface area contributed by atoms with Gasteiger partial charge in [-0.2, -0.15) is 5.26 Å². The van der Waals surface area contributed by atoms with Gasteiger partial charge in [-0.25, -0.2) is 0 Å². The number of methoxy groups -OCH3 is 2. The van der Waals surface area contributed by atoms with Crippen molar-refractivity contribution in [1.29, 1.82) is 10.7 Å². The fraction of sp³-hybridized carbons (Fsp3) is 0.200. The molecular formula is C20H17N5O3. The number of hydrogen-bond acceptors (Lipinski definition) is 7. The minimum Gasteiger partial charge on any atom is -0.497 e. The van der Waals surface area contributed by atoms with Gasteiger partial charge >= 0.3 is 0 Å². The lowest BCUT2D eigenvalue weighted by Gasteiger charge is -2.28. The average molecular weight is 375 g/mol. The van der Waals surface area contributed by atoms with Crippen LogP contribution in [0.4, 0.5) is 0 Å². The maximum absolute atomic E-state index is 9.73. The van der Waals surface area contributed by atoms with Gasteiger partial charge in [-0.05, 0) is 29.8 Å². The van der Waals surface area contributed by atoms with Crippen molar-refractivity contribution in [3.8, 4) is 34.7 Å². The van der Waals surface area contributed by atoms with Crippen molar-refractivity contribution in [2.24, 2.45) is 5.92 Å². The molecule has 1 aromatic carbocycles. The summed E-state index contributed by atoms with van der Waals surface area (Å²) in [4.78, 5) is 4.18. The highest BCUT2D eigenvalue weighted by molar-refractivity contribution is 5.87. The predicted molar refractivity (Wildman–Crippen MR) is 101 cm³/mol. The van der Waals surface area contributed by atoms with E-state index in [1.807, 2.05) is 12.1 Å². The molecule has 2 N–H and O–H groups in total. The molecule has 28 heavy (non-hydrogen) atoms. The lowest BCUT2D eigenvalue weighted by molar-refractivity contribution is 0.404. The Morgan fingerprint density at radius 3 is 2.79 bits per heavy atom. The molecule has 0 spiro atoms. The zero-order valence-electron chi connectivity index (χ0n) is 15.3. The third-order valence-corrected chi connectivity index (χ3v) is 4.76. The van der Waals surface area contributed by atoms with E-state index in [9.17, 15) is 5.26 Å². The van der Waals surface area contributed by atoms with Gasteiger partial charge in [0.1, 0.15) is 17.4 Å². The van der Waals surface area contributed by atoms with Crippen molar-refractivity contribution in [3.05, 3.63) is 53.9 Å². The SMILES string of the molecule is COc1ccc(OC)c(-c2[nH]nc3c2C(c2cccnc2)C(C#N)C(=N)O3)c1. The maximum atomic E-state index is 9.73. The second-order valence-corrected chi connectivity index (χ2v) is 6.22. The molecule has 1 aliphatic rings. The van der Waals surface area contributed by atoms with Crippen molar-refractivity contribution in [2.45, 2.75) is 5.92 Å². The van der Waals surface area contributed by atoms with Crippen LogP contribution >= 0.6 is 0 Å². The molecule has 0 aliphatic carbocycles. The molecule has 0 bridgehead atoms. The van der Waals surface area contributed by atoms with E-state index in [0.29, 0.717) is 22.8 Å². The summed E-state index contributed by atoms with van der Waals surface area (Å²) in [5.41, 5.74) is 2.85. The van der Waals surface area contributed by atoms with E-state index in [4.69, 9.17) is 19.6 Å². The van der Waals surface area contributed by atoms with Gasteiger partial charge in [0.15, 0.2) is 0 Å². The van der Waals surface area contributed by atoms with E-state index in [0.717, 1.165) is 11.1 Å². The summed E-state index contributed by atoms with van der Waals surface area (Å²) in [5, 5.41) is 25.1. The summed E-state index contributed by atoms with van der Waals surface area (Å²) in [5.74, 6) is 0.138. The van der Waals surface area contributed by atoms with Crippen LogP contribution in [0.3, 0.4) is 0 Å². The molecule has 8 heteroatoms. The standard InChI is InChI=1S/C20H17N5O3/c1-26-12-5-6-15(27-2)13(8-12)18-17-16(11-4-3-7-23-10-11)14(9-21)19(22)28-20(17)25-24-18/h3-8,10,14,16,22H,1-2H3,(H,24,25). The second kappa shape index (κ2) is 7.04. The van der Waals surface area contributed by atoms with Gasteiger partial charge in [-0.1, -0.05) is 6.07 Å². The fourth-order valence-electron chi connectivity index (χ4n) is 3.45. The molecule has 0 amide bonds. The molecule has 0 fully saturated rings. The Morgan fingerprint density at radius 2 is 2.11 bits per heavy atom. The number of nitriles is 1. The number of ether oxygens (including phenoxy) is 3. The van der Waals surface area contributed by atoms with Crippen molar-refractivity contribution in [3.63, 3.8) is 0 Å². The van der Waals surface area contributed by atoms with Gasteiger partial charge in [0.05, 0.1) is 31.5 Å². The summed E-state index contributed by atoms with van der Waals surface area (Å²) in [7, 11) is 3.17. The summed E-state index contributed by atoms with van der Waals surface area (Å²) >= 11 is 0. The number of H-pyrrole nitrogens is 1. The van der Waals surface area contributed by atoms with Crippen LogP contribution in [-0.4, -0.2) is 35.3 Å². The van der Waals surface area contributed by atoms with Crippen LogP contribution in [0.15, 0.2) is 42.7 Å². The monoisotopic (exact) mass is 375 g/mol. The molecule has 0 saturated heterocycles. The first-order chi connectivity index (χ1) is 13.7. The van der Waals surface area contributed by atoms with E-state index in [1.165, 1.54) is 0 Å². The largest absolute Gasteiger partial charge is 0.497 e. The number of aromatic amines is 1. The quantitative estimate of drug-likeness (QED) is 0.723. The summed E-state index contributed by atoms with van der Waals surface area (Å²) in [6.45, 7) is 0. The van der Waals surface area contributed by atoms with Gasteiger partial charge < -0.3 is 14.2 Å². The Morgan fingerprint density at radius 1 is 1.25 bits per heavy atom. The molecule has 3 heterocycles. The van der Waals surface area contributed by atoms with E-state index < -0.39 is 11.8 Å². The summed E-state index contributed by atoms with van der Waals surface area (Å²) in [6.07, 6.45) is 3.36. The van der Waals surface area contributed by atoms with Crippen molar-refractivity contribution in [2.75, 3.05) is 14.2 Å². The Kier molecular flexibility index (Phi) is 4.41. The first-order valence-electron chi connectivity index (χ1n) is 8.54. The number of pyridine rings is 1. The van der Waals surface area contributed by atoms with Crippen LogP contribution in [0.2, 0.25) is 0 Å². The maximum Gasteiger partial charge on any atom is 0.244 e. The summed E-state index contributed by atoms with van der Waals surface area (Å²) < 4.78 is 16.4. The van der Waals surface area contributed by atoms with Crippen LogP contribution < -0.4 is 14.2 Å². The average Bonchev–Trinajstić information content (AvgIpc) is 3.15. The smallest absolute Gasteiger partial charge is 0.244 e. The van der Waals surface area contributed by atoms with Gasteiger partial charge in [0.2, 0.25) is 11.8 Å². The zero-order valence-corrected chi connectivity index (χ0v) is 15.3. The zero-order chi connectivity index (χ0) is 19.7. The molecule has 140 valence electrons. The van der Waals surface area contributed by atoms with E-state index in [1.54, 1.807) is 44.8 Å². The van der Waals surface area contributed by atoms with Crippen LogP contribution in [-0.2, 0) is 0 Å². The van der Waals surface area contributed by atoms with Crippen LogP contribution in [0.25, 0.3) is 11.3 Å². The van der Waals surface area contributed by atoms with Gasteiger partial charge in [0.25, 0.3) is 0 Å². The number of fused-ring (bicyclic) bond motifs is 1. The third-order valence-electron chi connectivity index (χ3n) is 4.76. The first kappa shape index (κ1) is 17.5. The number of hydrogen-bond donors (Lipinski definition) is 2. The number of benzene rings is 1. The molecule has 8 nitrogen and oxygen atoms in total. The molecular weight excluding hydrogens is 358 g/mol. The Balaban J connectivity index is 1.97. The molecule has 2 unspecified atom stereocenters. The molecule has 0 saturated carbocycles. The molecule has 1 aliphatic heterocycles. The number of rotatable bonds is 4. The minimum absolute atomic E-state index is 0.139. The number of aromatic nitrogens is 3. The molecule has 2 atom stereocenters. The lowest BCUT2D eigenvalue weighted by atomic mass is 9.79. The number of nitrogens with one attached hydrogen (secondary N) is 2. The third kappa shape index (κ3) is 2.74. The fourth-order valence-corrected chi connectivity index (χ4v) is 3.45. The van der Waals surface area contributed by atoms with Crippen molar-refractivity contribution in [1.82, 2.24) is 15.2 Å². The van der Waals surface area contributed by atoms with Crippen molar-refractivity contribution >= 4 is 5.90 Å². The number of nitrogens with zero attached hydrogens (tertiary/aromatic N) is 3. The van der Waals surface area contributed by atoms with Gasteiger partial charge in [-0.3, -0.25) is 15.5 Å². The van der Waals surface area contributed by atoms with Gasteiger partial charge in [-0.15, -0.1) is 5.10 Å². The molecule has 2 aromatic heterocycles. The first-order valence-corrected chi connectivity index (χ1v) is 8.54. The highest BCUT2D eigenvalue weighted by atomic mass is 16.5. The molecule has 3 aromatic rings. The Labute approximate surface area is 161 Å². The highest BCUT2D eigenvalue weighted by Gasteiger charge is 2.41. The summed E-state index contributed by atoms with van der Waals surface area (Å²) in [6, 6.07) is 11.3. The molecule has 4 rings (SSSR count). The van der Waals surface area contributed by atoms with E-state index in [2.05, 4.69) is 21.3 Å². The second-order valence-electron chi connectivity index (χ2n) is 6.22. The highest BCUT2D eigenvalue weighted by Crippen LogP contribution is 2.47. The van der Waals surface area contributed by atoms with Crippen molar-refractivity contribution < 1.29 is 14.2 Å². The minimum atomic E-state index is -0.801. The Bertz CT molecular complexity index is 1070. The van der Waals surface area contributed by atoms with Crippen LogP contribution in [0, 0.1) is 22.7 Å². The predicted octanol–water partition coefficient (Wildman–Crippen LogP) is 3.13. The van der Waals surface area contributed by atoms with Crippen LogP contribution in [0.1, 0.15) is 17.0 Å². The Hall–Kier alpha value is -3.86. The van der Waals surface area contributed by atoms with Crippen LogP contribution in [0.5, 0.6) is 17.4 Å². The topological polar surface area (TPSA) is 117 Å². The lowest BCUT2D eigenvalue weighted by Crippen LogP contribution is -2.30. The molecule has 0 radical (unpaired) electrons. The van der Waals surface area contributed by atoms with E-state index in [-0.39, 0.29) is 11.8 Å². The van der Waals surface area contributed by atoms with E-state index >= 15 is 0 Å². The van der Waals surface area contributed by atoms with Gasteiger partial charge in [0, 0.05) is 23.9 Å².